The molecule has 120 valence electrons. The number of fused-ring (bicyclic) bond motifs is 1. The lowest BCUT2D eigenvalue weighted by Gasteiger charge is -2.21. The van der Waals surface area contributed by atoms with Crippen molar-refractivity contribution in [3.8, 4) is 6.07 Å². The molecule has 1 aliphatic heterocycles. The summed E-state index contributed by atoms with van der Waals surface area (Å²) in [6.45, 7) is 2.03. The van der Waals surface area contributed by atoms with Crippen LogP contribution in [0.1, 0.15) is 17.7 Å². The van der Waals surface area contributed by atoms with Crippen LogP contribution in [0.4, 0.5) is 5.69 Å². The van der Waals surface area contributed by atoms with E-state index in [1.54, 1.807) is 0 Å². The fourth-order valence-electron chi connectivity index (χ4n) is 3.60. The molecule has 0 radical (unpaired) electrons. The van der Waals surface area contributed by atoms with Gasteiger partial charge in [-0.05, 0) is 36.5 Å². The lowest BCUT2D eigenvalue weighted by molar-refractivity contribution is 0.586. The first-order chi connectivity index (χ1) is 11.7. The number of hydrogen-bond donors (Lipinski definition) is 0. The Bertz CT molecular complexity index is 921. The van der Waals surface area contributed by atoms with Crippen molar-refractivity contribution in [2.75, 3.05) is 18.0 Å². The van der Waals surface area contributed by atoms with E-state index < -0.39 is 0 Å². The topological polar surface area (TPSA) is 57.7 Å². The molecule has 2 aromatic heterocycles. The van der Waals surface area contributed by atoms with Gasteiger partial charge in [0.25, 0.3) is 0 Å². The van der Waals surface area contributed by atoms with E-state index in [-0.39, 0.29) is 0 Å². The molecule has 0 amide bonds. The van der Waals surface area contributed by atoms with Gasteiger partial charge in [-0.1, -0.05) is 18.2 Å². The molecule has 0 N–H and O–H groups in total. The van der Waals surface area contributed by atoms with E-state index in [9.17, 15) is 5.26 Å². The first kappa shape index (κ1) is 14.7. The number of aryl methyl sites for hydroxylation is 1. The molecule has 1 atom stereocenters. The number of nitrogens with zero attached hydrogens (tertiary/aromatic N) is 5. The Kier molecular flexibility index (Phi) is 3.66. The molecule has 5 heteroatoms. The molecule has 0 saturated carbocycles. The molecule has 1 unspecified atom stereocenters. The standard InChI is InChI=1S/C19H19N5/c1-23-12-15(11-21-23)8-14-6-7-24(13-14)19-9-16(10-20)22-18-5-3-2-4-17(18)19/h2-5,9,11-12,14H,6-8,13H2,1H3. The Morgan fingerprint density at radius 2 is 2.21 bits per heavy atom. The van der Waals surface area contributed by atoms with Crippen molar-refractivity contribution in [3.63, 3.8) is 0 Å². The maximum absolute atomic E-state index is 9.27. The number of benzene rings is 1. The van der Waals surface area contributed by atoms with Gasteiger partial charge < -0.3 is 4.90 Å². The molecule has 5 nitrogen and oxygen atoms in total. The summed E-state index contributed by atoms with van der Waals surface area (Å²) in [6, 6.07) is 12.2. The first-order valence-corrected chi connectivity index (χ1v) is 8.25. The Morgan fingerprint density at radius 3 is 3.00 bits per heavy atom. The molecule has 24 heavy (non-hydrogen) atoms. The number of rotatable bonds is 3. The molecule has 0 bridgehead atoms. The van der Waals surface area contributed by atoms with Crippen molar-refractivity contribution in [1.29, 1.82) is 5.26 Å². The van der Waals surface area contributed by atoms with Gasteiger partial charge in [0, 0.05) is 37.4 Å². The number of nitriles is 1. The third kappa shape index (κ3) is 2.71. The molecule has 1 fully saturated rings. The number of hydrogen-bond acceptors (Lipinski definition) is 4. The summed E-state index contributed by atoms with van der Waals surface area (Å²) >= 11 is 0. The largest absolute Gasteiger partial charge is 0.371 e. The zero-order valence-corrected chi connectivity index (χ0v) is 13.7. The molecule has 1 saturated heterocycles. The number of anilines is 1. The van der Waals surface area contributed by atoms with Crippen LogP contribution >= 0.6 is 0 Å². The Morgan fingerprint density at radius 1 is 1.33 bits per heavy atom. The number of para-hydroxylation sites is 1. The smallest absolute Gasteiger partial charge is 0.143 e. The van der Waals surface area contributed by atoms with E-state index in [0.29, 0.717) is 11.6 Å². The molecule has 4 rings (SSSR count). The normalized spacial score (nSPS) is 17.3. The second-order valence-electron chi connectivity index (χ2n) is 6.48. The summed E-state index contributed by atoms with van der Waals surface area (Å²) in [5.74, 6) is 0.617. The predicted molar refractivity (Wildman–Crippen MR) is 93.7 cm³/mol. The van der Waals surface area contributed by atoms with E-state index in [4.69, 9.17) is 0 Å². The maximum Gasteiger partial charge on any atom is 0.143 e. The molecular formula is C19H19N5. The lowest BCUT2D eigenvalue weighted by atomic mass is 10.0. The van der Waals surface area contributed by atoms with Crippen molar-refractivity contribution >= 4 is 16.6 Å². The van der Waals surface area contributed by atoms with E-state index in [0.717, 1.165) is 42.5 Å². The summed E-state index contributed by atoms with van der Waals surface area (Å²) in [5.41, 5.74) is 3.80. The van der Waals surface area contributed by atoms with Crippen LogP contribution in [0.3, 0.4) is 0 Å². The van der Waals surface area contributed by atoms with Crippen LogP contribution in [0.5, 0.6) is 0 Å². The van der Waals surface area contributed by atoms with Crippen molar-refractivity contribution in [2.45, 2.75) is 12.8 Å². The van der Waals surface area contributed by atoms with E-state index in [1.807, 2.05) is 42.2 Å². The van der Waals surface area contributed by atoms with E-state index >= 15 is 0 Å². The van der Waals surface area contributed by atoms with Crippen molar-refractivity contribution in [2.24, 2.45) is 13.0 Å². The van der Waals surface area contributed by atoms with Crippen LogP contribution in [0.25, 0.3) is 10.9 Å². The molecular weight excluding hydrogens is 298 g/mol. The van der Waals surface area contributed by atoms with Crippen LogP contribution in [0.2, 0.25) is 0 Å². The predicted octanol–water partition coefficient (Wildman–Crippen LogP) is 2.91. The second-order valence-corrected chi connectivity index (χ2v) is 6.48. The van der Waals surface area contributed by atoms with Gasteiger partial charge in [-0.25, -0.2) is 4.98 Å². The molecule has 1 aliphatic rings. The van der Waals surface area contributed by atoms with Gasteiger partial charge in [-0.15, -0.1) is 0 Å². The van der Waals surface area contributed by atoms with Crippen LogP contribution in [-0.2, 0) is 13.5 Å². The molecule has 0 spiro atoms. The molecule has 3 heterocycles. The highest BCUT2D eigenvalue weighted by atomic mass is 15.2. The second kappa shape index (κ2) is 5.97. The van der Waals surface area contributed by atoms with Crippen molar-refractivity contribution in [3.05, 3.63) is 54.0 Å². The minimum Gasteiger partial charge on any atom is -0.371 e. The summed E-state index contributed by atoms with van der Waals surface area (Å²) in [4.78, 5) is 6.81. The monoisotopic (exact) mass is 317 g/mol. The quantitative estimate of drug-likeness (QED) is 0.745. The summed E-state index contributed by atoms with van der Waals surface area (Å²) in [6.07, 6.45) is 6.27. The maximum atomic E-state index is 9.27. The number of pyridine rings is 1. The van der Waals surface area contributed by atoms with E-state index in [1.165, 1.54) is 5.56 Å². The van der Waals surface area contributed by atoms with Crippen molar-refractivity contribution < 1.29 is 0 Å². The van der Waals surface area contributed by atoms with Gasteiger partial charge in [-0.3, -0.25) is 4.68 Å². The van der Waals surface area contributed by atoms with Crippen LogP contribution in [0, 0.1) is 17.2 Å². The van der Waals surface area contributed by atoms with Gasteiger partial charge >= 0.3 is 0 Å². The third-order valence-corrected chi connectivity index (χ3v) is 4.72. The minimum atomic E-state index is 0.486. The summed E-state index contributed by atoms with van der Waals surface area (Å²) in [5, 5.41) is 14.7. The Balaban J connectivity index is 1.60. The highest BCUT2D eigenvalue weighted by Crippen LogP contribution is 2.32. The first-order valence-electron chi connectivity index (χ1n) is 8.25. The average Bonchev–Trinajstić information content (AvgIpc) is 3.23. The summed E-state index contributed by atoms with van der Waals surface area (Å²) < 4.78 is 1.86. The average molecular weight is 317 g/mol. The fourth-order valence-corrected chi connectivity index (χ4v) is 3.60. The highest BCUT2D eigenvalue weighted by molar-refractivity contribution is 5.92. The van der Waals surface area contributed by atoms with Crippen LogP contribution in [-0.4, -0.2) is 27.9 Å². The van der Waals surface area contributed by atoms with Crippen LogP contribution in [0.15, 0.2) is 42.7 Å². The molecule has 0 aliphatic carbocycles. The summed E-state index contributed by atoms with van der Waals surface area (Å²) in [7, 11) is 1.96. The molecule has 1 aromatic carbocycles. The number of aromatic nitrogens is 3. The van der Waals surface area contributed by atoms with Gasteiger partial charge in [0.1, 0.15) is 11.8 Å². The Hall–Kier alpha value is -2.87. The Labute approximate surface area is 141 Å². The van der Waals surface area contributed by atoms with Gasteiger partial charge in [0.15, 0.2) is 0 Å². The fraction of sp³-hybridized carbons (Fsp3) is 0.316. The zero-order valence-electron chi connectivity index (χ0n) is 13.7. The zero-order chi connectivity index (χ0) is 16.5. The molecule has 3 aromatic rings. The van der Waals surface area contributed by atoms with Gasteiger partial charge in [-0.2, -0.15) is 10.4 Å². The SMILES string of the molecule is Cn1cc(CC2CCN(c3cc(C#N)nc4ccccc34)C2)cn1. The lowest BCUT2D eigenvalue weighted by Crippen LogP contribution is -2.20. The minimum absolute atomic E-state index is 0.486. The highest BCUT2D eigenvalue weighted by Gasteiger charge is 2.25. The van der Waals surface area contributed by atoms with Gasteiger partial charge in [0.2, 0.25) is 0 Å². The van der Waals surface area contributed by atoms with Crippen molar-refractivity contribution in [1.82, 2.24) is 14.8 Å². The van der Waals surface area contributed by atoms with E-state index in [2.05, 4.69) is 33.3 Å². The third-order valence-electron chi connectivity index (χ3n) is 4.72. The van der Waals surface area contributed by atoms with Crippen LogP contribution < -0.4 is 4.90 Å². The van der Waals surface area contributed by atoms with Gasteiger partial charge in [0.05, 0.1) is 11.7 Å².